The van der Waals surface area contributed by atoms with Gasteiger partial charge >= 0.3 is 0 Å². The lowest BCUT2D eigenvalue weighted by atomic mass is 10.1. The number of halogens is 1. The van der Waals surface area contributed by atoms with Crippen molar-refractivity contribution in [2.24, 2.45) is 0 Å². The van der Waals surface area contributed by atoms with E-state index in [0.29, 0.717) is 21.9 Å². The summed E-state index contributed by atoms with van der Waals surface area (Å²) in [7, 11) is 0. The number of hydrogen-bond donors (Lipinski definition) is 2. The molecule has 0 radical (unpaired) electrons. The Hall–Kier alpha value is -2.90. The first-order valence-corrected chi connectivity index (χ1v) is 9.90. The van der Waals surface area contributed by atoms with Crippen molar-refractivity contribution in [3.63, 3.8) is 0 Å². The fourth-order valence-corrected chi connectivity index (χ4v) is 3.72. The Morgan fingerprint density at radius 1 is 1.14 bits per heavy atom. The molecule has 0 aliphatic rings. The van der Waals surface area contributed by atoms with Gasteiger partial charge in [-0.25, -0.2) is 15.0 Å². The molecule has 140 valence electrons. The Bertz CT molecular complexity index is 1140. The van der Waals surface area contributed by atoms with Gasteiger partial charge in [0.1, 0.15) is 16.9 Å². The van der Waals surface area contributed by atoms with E-state index in [9.17, 15) is 4.79 Å². The van der Waals surface area contributed by atoms with Crippen LogP contribution in [0.25, 0.3) is 11.2 Å². The van der Waals surface area contributed by atoms with E-state index in [0.717, 1.165) is 27.4 Å². The standard InChI is InChI=1S/C20H16ClN5OS/c1-12-2-7-15(8-16(12)21)26-19(27)14-5-3-13(4-6-14)9-28-20-17-18(23-10-22-17)24-11-25-20/h2-8,10-11H,9H2,1H3,(H,26,27)(H,22,23,24,25). The largest absolute Gasteiger partial charge is 0.341 e. The summed E-state index contributed by atoms with van der Waals surface area (Å²) in [6.45, 7) is 1.92. The predicted molar refractivity (Wildman–Crippen MR) is 112 cm³/mol. The van der Waals surface area contributed by atoms with Crippen molar-refractivity contribution in [1.82, 2.24) is 19.9 Å². The van der Waals surface area contributed by atoms with Crippen molar-refractivity contribution in [3.05, 3.63) is 76.8 Å². The monoisotopic (exact) mass is 409 g/mol. The highest BCUT2D eigenvalue weighted by Crippen LogP contribution is 2.26. The van der Waals surface area contributed by atoms with Gasteiger partial charge in [-0.15, -0.1) is 0 Å². The van der Waals surface area contributed by atoms with E-state index in [1.165, 1.54) is 6.33 Å². The first kappa shape index (κ1) is 18.5. The number of nitrogens with zero attached hydrogens (tertiary/aromatic N) is 3. The van der Waals surface area contributed by atoms with E-state index in [1.807, 2.05) is 43.3 Å². The van der Waals surface area contributed by atoms with Gasteiger partial charge in [0.25, 0.3) is 5.91 Å². The smallest absolute Gasteiger partial charge is 0.255 e. The Kier molecular flexibility index (Phi) is 5.27. The number of H-pyrrole nitrogens is 1. The Balaban J connectivity index is 1.41. The predicted octanol–water partition coefficient (Wildman–Crippen LogP) is 4.86. The topological polar surface area (TPSA) is 83.6 Å². The minimum Gasteiger partial charge on any atom is -0.341 e. The van der Waals surface area contributed by atoms with E-state index in [2.05, 4.69) is 25.3 Å². The van der Waals surface area contributed by atoms with Crippen LogP contribution in [0.15, 0.2) is 60.1 Å². The van der Waals surface area contributed by atoms with E-state index in [1.54, 1.807) is 24.2 Å². The highest BCUT2D eigenvalue weighted by atomic mass is 35.5. The van der Waals surface area contributed by atoms with Crippen LogP contribution in [0.3, 0.4) is 0 Å². The van der Waals surface area contributed by atoms with Crippen LogP contribution in [0.5, 0.6) is 0 Å². The van der Waals surface area contributed by atoms with Crippen LogP contribution in [0, 0.1) is 6.92 Å². The van der Waals surface area contributed by atoms with Crippen LogP contribution in [0.2, 0.25) is 5.02 Å². The third-order valence-corrected chi connectivity index (χ3v) is 5.68. The summed E-state index contributed by atoms with van der Waals surface area (Å²) in [5.41, 5.74) is 4.81. The van der Waals surface area contributed by atoms with Gasteiger partial charge in [0.05, 0.1) is 6.33 Å². The number of imidazole rings is 1. The molecule has 2 aromatic carbocycles. The number of rotatable bonds is 5. The normalized spacial score (nSPS) is 10.9. The minimum atomic E-state index is -0.172. The third-order valence-electron chi connectivity index (χ3n) is 4.21. The van der Waals surface area contributed by atoms with Gasteiger partial charge in [-0.3, -0.25) is 4.79 Å². The van der Waals surface area contributed by atoms with Crippen molar-refractivity contribution in [1.29, 1.82) is 0 Å². The SMILES string of the molecule is Cc1ccc(NC(=O)c2ccc(CSc3ncnc4nc[nH]c34)cc2)cc1Cl. The highest BCUT2D eigenvalue weighted by Gasteiger charge is 2.09. The van der Waals surface area contributed by atoms with Crippen LogP contribution in [0.4, 0.5) is 5.69 Å². The summed E-state index contributed by atoms with van der Waals surface area (Å²) < 4.78 is 0. The van der Waals surface area contributed by atoms with E-state index >= 15 is 0 Å². The second kappa shape index (κ2) is 8.00. The lowest BCUT2D eigenvalue weighted by Gasteiger charge is -2.08. The molecule has 8 heteroatoms. The van der Waals surface area contributed by atoms with Gasteiger partial charge in [0.2, 0.25) is 0 Å². The molecular formula is C20H16ClN5OS. The van der Waals surface area contributed by atoms with Crippen LogP contribution in [-0.2, 0) is 5.75 Å². The summed E-state index contributed by atoms with van der Waals surface area (Å²) in [6.07, 6.45) is 3.12. The summed E-state index contributed by atoms with van der Waals surface area (Å²) in [4.78, 5) is 28.0. The maximum absolute atomic E-state index is 12.4. The molecule has 2 N–H and O–H groups in total. The highest BCUT2D eigenvalue weighted by molar-refractivity contribution is 7.98. The second-order valence-electron chi connectivity index (χ2n) is 6.18. The van der Waals surface area contributed by atoms with Crippen LogP contribution >= 0.6 is 23.4 Å². The maximum Gasteiger partial charge on any atom is 0.255 e. The Morgan fingerprint density at radius 2 is 1.96 bits per heavy atom. The molecule has 4 rings (SSSR count). The molecule has 0 atom stereocenters. The number of thioether (sulfide) groups is 1. The number of aromatic nitrogens is 4. The van der Waals surface area contributed by atoms with Gasteiger partial charge in [0, 0.05) is 22.0 Å². The molecule has 6 nitrogen and oxygen atoms in total. The van der Waals surface area contributed by atoms with Crippen LogP contribution in [0.1, 0.15) is 21.5 Å². The number of carbonyl (C=O) groups excluding carboxylic acids is 1. The lowest BCUT2D eigenvalue weighted by Crippen LogP contribution is -2.11. The first-order chi connectivity index (χ1) is 13.6. The van der Waals surface area contributed by atoms with Gasteiger partial charge in [-0.05, 0) is 42.3 Å². The van der Waals surface area contributed by atoms with Gasteiger partial charge in [0.15, 0.2) is 5.65 Å². The molecule has 1 amide bonds. The third kappa shape index (κ3) is 4.00. The second-order valence-corrected chi connectivity index (χ2v) is 7.55. The first-order valence-electron chi connectivity index (χ1n) is 8.53. The van der Waals surface area contributed by atoms with Gasteiger partial charge in [-0.2, -0.15) is 0 Å². The molecule has 2 heterocycles. The van der Waals surface area contributed by atoms with Crippen molar-refractivity contribution in [2.75, 3.05) is 5.32 Å². The molecule has 0 spiro atoms. The number of fused-ring (bicyclic) bond motifs is 1. The fourth-order valence-electron chi connectivity index (χ4n) is 2.63. The van der Waals surface area contributed by atoms with E-state index in [4.69, 9.17) is 11.6 Å². The number of nitrogens with one attached hydrogen (secondary N) is 2. The van der Waals surface area contributed by atoms with Crippen molar-refractivity contribution < 1.29 is 4.79 Å². The molecule has 4 aromatic rings. The maximum atomic E-state index is 12.4. The molecule has 28 heavy (non-hydrogen) atoms. The summed E-state index contributed by atoms with van der Waals surface area (Å²) in [6, 6.07) is 13.0. The average molecular weight is 410 g/mol. The number of aromatic amines is 1. The Morgan fingerprint density at radius 3 is 2.75 bits per heavy atom. The van der Waals surface area contributed by atoms with E-state index in [-0.39, 0.29) is 5.91 Å². The van der Waals surface area contributed by atoms with Gasteiger partial charge < -0.3 is 10.3 Å². The lowest BCUT2D eigenvalue weighted by molar-refractivity contribution is 0.102. The zero-order chi connectivity index (χ0) is 19.5. The number of amides is 1. The van der Waals surface area contributed by atoms with Crippen molar-refractivity contribution in [3.8, 4) is 0 Å². The molecule has 0 fully saturated rings. The summed E-state index contributed by atoms with van der Waals surface area (Å²) >= 11 is 7.70. The molecule has 0 aliphatic heterocycles. The fraction of sp³-hybridized carbons (Fsp3) is 0.100. The van der Waals surface area contributed by atoms with Crippen molar-refractivity contribution >= 4 is 46.1 Å². The van der Waals surface area contributed by atoms with E-state index < -0.39 is 0 Å². The molecule has 2 aromatic heterocycles. The van der Waals surface area contributed by atoms with Crippen molar-refractivity contribution in [2.45, 2.75) is 17.7 Å². The van der Waals surface area contributed by atoms with Gasteiger partial charge in [-0.1, -0.05) is 41.6 Å². The summed E-state index contributed by atoms with van der Waals surface area (Å²) in [5.74, 6) is 0.551. The zero-order valence-electron chi connectivity index (χ0n) is 14.9. The quantitative estimate of drug-likeness (QED) is 0.363. The number of anilines is 1. The number of hydrogen-bond acceptors (Lipinski definition) is 5. The zero-order valence-corrected chi connectivity index (χ0v) is 16.5. The molecule has 0 aliphatic carbocycles. The van der Waals surface area contributed by atoms with Crippen LogP contribution in [-0.4, -0.2) is 25.8 Å². The summed E-state index contributed by atoms with van der Waals surface area (Å²) in [5, 5.41) is 4.34. The molecule has 0 bridgehead atoms. The molecular weight excluding hydrogens is 394 g/mol. The number of benzene rings is 2. The Labute approximate surface area is 170 Å². The van der Waals surface area contributed by atoms with Crippen LogP contribution < -0.4 is 5.32 Å². The average Bonchev–Trinajstić information content (AvgIpc) is 3.19. The number of aryl methyl sites for hydroxylation is 1. The molecule has 0 unspecified atom stereocenters. The minimum absolute atomic E-state index is 0.172. The molecule has 0 saturated carbocycles. The molecule has 0 saturated heterocycles. The number of carbonyl (C=O) groups is 1.